The molecular weight excluding hydrogens is 321 g/mol. The Morgan fingerprint density at radius 2 is 2.23 bits per heavy atom. The quantitative estimate of drug-likeness (QED) is 0.917. The first kappa shape index (κ1) is 15.7. The van der Waals surface area contributed by atoms with Crippen LogP contribution in [0.15, 0.2) is 18.3 Å². The van der Waals surface area contributed by atoms with E-state index in [1.165, 1.54) is 5.56 Å². The Kier molecular flexibility index (Phi) is 4.62. The first-order valence-electron chi connectivity index (χ1n) is 7.36. The third-order valence-corrected chi connectivity index (χ3v) is 4.82. The number of fused-ring (bicyclic) bond motifs is 1. The number of nitrogens with one attached hydrogen (secondary N) is 1. The summed E-state index contributed by atoms with van der Waals surface area (Å²) in [6, 6.07) is 4.25. The second kappa shape index (κ2) is 6.49. The maximum atomic E-state index is 6.53. The molecule has 118 valence electrons. The molecule has 2 aromatic rings. The van der Waals surface area contributed by atoms with Crippen molar-refractivity contribution in [2.75, 3.05) is 7.11 Å². The molecule has 1 atom stereocenters. The Hall–Kier alpha value is -1.23. The van der Waals surface area contributed by atoms with Gasteiger partial charge in [0.05, 0.1) is 22.8 Å². The van der Waals surface area contributed by atoms with Crippen molar-refractivity contribution >= 4 is 23.2 Å². The van der Waals surface area contributed by atoms with Crippen molar-refractivity contribution in [2.24, 2.45) is 7.05 Å². The molecule has 1 aromatic carbocycles. The summed E-state index contributed by atoms with van der Waals surface area (Å²) in [4.78, 5) is 0. The highest BCUT2D eigenvalue weighted by Crippen LogP contribution is 2.40. The fourth-order valence-electron chi connectivity index (χ4n) is 3.06. The second-order valence-electron chi connectivity index (χ2n) is 5.58. The van der Waals surface area contributed by atoms with Crippen molar-refractivity contribution in [3.8, 4) is 5.75 Å². The van der Waals surface area contributed by atoms with Gasteiger partial charge in [0, 0.05) is 25.8 Å². The molecule has 0 amide bonds. The first-order chi connectivity index (χ1) is 10.6. The first-order valence-corrected chi connectivity index (χ1v) is 8.12. The maximum Gasteiger partial charge on any atom is 0.137 e. The van der Waals surface area contributed by atoms with Gasteiger partial charge in [0.2, 0.25) is 0 Å². The summed E-state index contributed by atoms with van der Waals surface area (Å²) in [5.74, 6) is 0.727. The van der Waals surface area contributed by atoms with E-state index in [-0.39, 0.29) is 6.04 Å². The number of aryl methyl sites for hydroxylation is 2. The fourth-order valence-corrected chi connectivity index (χ4v) is 3.69. The number of rotatable bonds is 4. The van der Waals surface area contributed by atoms with E-state index < -0.39 is 0 Å². The van der Waals surface area contributed by atoms with Crippen molar-refractivity contribution in [1.29, 1.82) is 0 Å². The normalized spacial score (nSPS) is 17.4. The molecule has 0 radical (unpaired) electrons. The van der Waals surface area contributed by atoms with Gasteiger partial charge in [0.15, 0.2) is 0 Å². The van der Waals surface area contributed by atoms with E-state index in [4.69, 9.17) is 27.9 Å². The molecule has 0 saturated carbocycles. The number of methoxy groups -OCH3 is 1. The maximum absolute atomic E-state index is 6.53. The van der Waals surface area contributed by atoms with E-state index in [1.807, 2.05) is 19.3 Å². The number of benzene rings is 1. The molecule has 4 nitrogen and oxygen atoms in total. The van der Waals surface area contributed by atoms with Crippen molar-refractivity contribution in [1.82, 2.24) is 15.1 Å². The van der Waals surface area contributed by atoms with Crippen LogP contribution in [0.2, 0.25) is 10.0 Å². The summed E-state index contributed by atoms with van der Waals surface area (Å²) >= 11 is 12.7. The van der Waals surface area contributed by atoms with Crippen LogP contribution in [0.1, 0.15) is 35.7 Å². The van der Waals surface area contributed by atoms with Crippen LogP contribution in [-0.4, -0.2) is 16.9 Å². The van der Waals surface area contributed by atoms with Gasteiger partial charge in [-0.3, -0.25) is 4.68 Å². The van der Waals surface area contributed by atoms with Crippen LogP contribution in [0.5, 0.6) is 5.75 Å². The third-order valence-electron chi connectivity index (χ3n) is 4.11. The topological polar surface area (TPSA) is 39.1 Å². The molecule has 22 heavy (non-hydrogen) atoms. The molecule has 1 N–H and O–H groups in total. The Labute approximate surface area is 140 Å². The number of halogens is 2. The molecule has 0 bridgehead atoms. The zero-order valence-electron chi connectivity index (χ0n) is 12.7. The van der Waals surface area contributed by atoms with Crippen LogP contribution in [0.4, 0.5) is 0 Å². The molecule has 1 heterocycles. The molecule has 1 aromatic heterocycles. The lowest BCUT2D eigenvalue weighted by molar-refractivity contribution is 0.408. The van der Waals surface area contributed by atoms with Gasteiger partial charge in [-0.25, -0.2) is 0 Å². The van der Waals surface area contributed by atoms with Gasteiger partial charge in [-0.1, -0.05) is 29.3 Å². The predicted molar refractivity (Wildman–Crippen MR) is 88.7 cm³/mol. The summed E-state index contributed by atoms with van der Waals surface area (Å²) in [6.07, 6.45) is 5.05. The summed E-state index contributed by atoms with van der Waals surface area (Å²) in [5.41, 5.74) is 3.30. The van der Waals surface area contributed by atoms with Crippen LogP contribution in [0.25, 0.3) is 0 Å². The monoisotopic (exact) mass is 339 g/mol. The molecule has 0 fully saturated rings. The largest absolute Gasteiger partial charge is 0.495 e. The Morgan fingerprint density at radius 3 is 2.91 bits per heavy atom. The Bertz CT molecular complexity index is 684. The highest BCUT2D eigenvalue weighted by Gasteiger charge is 2.25. The summed E-state index contributed by atoms with van der Waals surface area (Å²) in [5, 5.41) is 9.31. The van der Waals surface area contributed by atoms with Crippen LogP contribution < -0.4 is 10.1 Å². The van der Waals surface area contributed by atoms with E-state index in [9.17, 15) is 0 Å². The Balaban J connectivity index is 1.83. The van der Waals surface area contributed by atoms with Crippen LogP contribution in [-0.2, 0) is 20.0 Å². The smallest absolute Gasteiger partial charge is 0.137 e. The van der Waals surface area contributed by atoms with Crippen molar-refractivity contribution < 1.29 is 4.74 Å². The molecule has 1 aliphatic rings. The lowest BCUT2D eigenvalue weighted by atomic mass is 9.87. The number of hydrogen-bond donors (Lipinski definition) is 1. The van der Waals surface area contributed by atoms with Crippen LogP contribution in [0.3, 0.4) is 0 Å². The molecule has 0 saturated heterocycles. The van der Waals surface area contributed by atoms with Gasteiger partial charge < -0.3 is 10.1 Å². The minimum Gasteiger partial charge on any atom is -0.495 e. The summed E-state index contributed by atoms with van der Waals surface area (Å²) in [7, 11) is 3.51. The molecule has 0 aliphatic heterocycles. The van der Waals surface area contributed by atoms with Gasteiger partial charge in [0.25, 0.3) is 0 Å². The molecule has 0 spiro atoms. The highest BCUT2D eigenvalue weighted by molar-refractivity contribution is 6.33. The number of aromatic nitrogens is 2. The average Bonchev–Trinajstić information content (AvgIpc) is 2.83. The number of hydrogen-bond acceptors (Lipinski definition) is 3. The number of ether oxygens (including phenoxy) is 1. The molecule has 6 heteroatoms. The average molecular weight is 340 g/mol. The minimum atomic E-state index is 0.199. The number of nitrogens with zero attached hydrogens (tertiary/aromatic N) is 2. The summed E-state index contributed by atoms with van der Waals surface area (Å²) in [6.45, 7) is 0.622. The lowest BCUT2D eigenvalue weighted by Gasteiger charge is -2.28. The Morgan fingerprint density at radius 1 is 1.41 bits per heavy atom. The van der Waals surface area contributed by atoms with E-state index in [0.29, 0.717) is 16.6 Å². The van der Waals surface area contributed by atoms with E-state index in [1.54, 1.807) is 11.8 Å². The standard InChI is InChI=1S/C16H19Cl2N3O/c1-21-9-11(17)13(20-21)8-19-12-5-3-4-10-6-7-14(22-2)16(18)15(10)12/h6-7,9,12,19H,3-5,8H2,1-2H3. The van der Waals surface area contributed by atoms with E-state index in [2.05, 4.69) is 16.5 Å². The predicted octanol–water partition coefficient (Wildman–Crippen LogP) is 3.90. The van der Waals surface area contributed by atoms with Crippen molar-refractivity contribution in [3.63, 3.8) is 0 Å². The van der Waals surface area contributed by atoms with Gasteiger partial charge in [0.1, 0.15) is 5.75 Å². The van der Waals surface area contributed by atoms with Crippen molar-refractivity contribution in [2.45, 2.75) is 31.8 Å². The minimum absolute atomic E-state index is 0.199. The van der Waals surface area contributed by atoms with Crippen LogP contribution >= 0.6 is 23.2 Å². The van der Waals surface area contributed by atoms with Gasteiger partial charge >= 0.3 is 0 Å². The highest BCUT2D eigenvalue weighted by atomic mass is 35.5. The van der Waals surface area contributed by atoms with E-state index in [0.717, 1.165) is 36.3 Å². The lowest BCUT2D eigenvalue weighted by Crippen LogP contribution is -2.25. The zero-order valence-corrected chi connectivity index (χ0v) is 14.2. The third kappa shape index (κ3) is 2.96. The van der Waals surface area contributed by atoms with Crippen LogP contribution in [0, 0.1) is 0 Å². The van der Waals surface area contributed by atoms with Crippen molar-refractivity contribution in [3.05, 3.63) is 45.2 Å². The molecule has 1 unspecified atom stereocenters. The van der Waals surface area contributed by atoms with E-state index >= 15 is 0 Å². The molecule has 3 rings (SSSR count). The zero-order chi connectivity index (χ0) is 15.7. The fraction of sp³-hybridized carbons (Fsp3) is 0.438. The van der Waals surface area contributed by atoms with Gasteiger partial charge in [-0.15, -0.1) is 0 Å². The second-order valence-corrected chi connectivity index (χ2v) is 6.36. The molecular formula is C16H19Cl2N3O. The van der Waals surface area contributed by atoms with Gasteiger partial charge in [-0.05, 0) is 36.5 Å². The van der Waals surface area contributed by atoms with Gasteiger partial charge in [-0.2, -0.15) is 5.10 Å². The molecule has 1 aliphatic carbocycles. The summed E-state index contributed by atoms with van der Waals surface area (Å²) < 4.78 is 7.07. The SMILES string of the molecule is COc1ccc2c(c1Cl)C(NCc1nn(C)cc1Cl)CCC2.